The van der Waals surface area contributed by atoms with Gasteiger partial charge in [-0.3, -0.25) is 9.59 Å². The molecule has 7 heteroatoms. The Labute approximate surface area is 205 Å². The Hall–Kier alpha value is -3.35. The number of nitrogens with zero attached hydrogens (tertiary/aromatic N) is 2. The maximum absolute atomic E-state index is 14.0. The van der Waals surface area contributed by atoms with E-state index in [9.17, 15) is 14.0 Å². The molecule has 0 radical (unpaired) electrons. The second-order valence-electron chi connectivity index (χ2n) is 9.98. The largest absolute Gasteiger partial charge is 0.463 e. The van der Waals surface area contributed by atoms with E-state index in [0.717, 1.165) is 31.4 Å². The van der Waals surface area contributed by atoms with Gasteiger partial charge >= 0.3 is 0 Å². The van der Waals surface area contributed by atoms with E-state index in [2.05, 4.69) is 5.32 Å². The molecule has 0 spiro atoms. The third-order valence-electron chi connectivity index (χ3n) is 7.44. The second-order valence-corrected chi connectivity index (χ2v) is 9.98. The summed E-state index contributed by atoms with van der Waals surface area (Å²) >= 11 is 0. The Kier molecular flexibility index (Phi) is 6.50. The highest BCUT2D eigenvalue weighted by Crippen LogP contribution is 2.34. The van der Waals surface area contributed by atoms with Gasteiger partial charge in [0.2, 0.25) is 5.91 Å². The van der Waals surface area contributed by atoms with Gasteiger partial charge in [0.25, 0.3) is 5.91 Å². The third-order valence-corrected chi connectivity index (χ3v) is 7.44. The van der Waals surface area contributed by atoms with Gasteiger partial charge in [-0.2, -0.15) is 0 Å². The quantitative estimate of drug-likeness (QED) is 0.525. The zero-order chi connectivity index (χ0) is 24.4. The number of carbonyl (C=O) groups excluding carboxylic acids is 2. The zero-order valence-electron chi connectivity index (χ0n) is 20.1. The summed E-state index contributed by atoms with van der Waals surface area (Å²) in [7, 11) is 0. The van der Waals surface area contributed by atoms with Gasteiger partial charge in [-0.15, -0.1) is 0 Å². The molecule has 35 heavy (non-hydrogen) atoms. The molecule has 2 aliphatic rings. The van der Waals surface area contributed by atoms with Crippen molar-refractivity contribution in [1.29, 1.82) is 0 Å². The second kappa shape index (κ2) is 9.72. The van der Waals surface area contributed by atoms with Crippen LogP contribution >= 0.6 is 0 Å². The zero-order valence-corrected chi connectivity index (χ0v) is 20.1. The fourth-order valence-corrected chi connectivity index (χ4v) is 5.42. The Morgan fingerprint density at radius 3 is 2.51 bits per heavy atom. The Bertz CT molecular complexity index is 1190. The number of hydrogen-bond donors (Lipinski definition) is 1. The minimum absolute atomic E-state index is 0.0985. The molecule has 1 aliphatic carbocycles. The standard InChI is InChI=1S/C28H32FN3O3/c1-28(27(34)30-22-11-5-3-2-4-6-12-22)19-31-23(25-13-8-16-35-25)14-15-24(31)26(33)32(28)18-20-9-7-10-21(29)17-20/h7-10,13-17,22H,2-6,11-12,18-19H2,1H3,(H,30,34). The molecular weight excluding hydrogens is 445 g/mol. The van der Waals surface area contributed by atoms with E-state index >= 15 is 0 Å². The van der Waals surface area contributed by atoms with Crippen molar-refractivity contribution in [2.75, 3.05) is 0 Å². The number of furan rings is 1. The first-order valence-electron chi connectivity index (χ1n) is 12.6. The van der Waals surface area contributed by atoms with Crippen LogP contribution in [-0.4, -0.2) is 32.9 Å². The van der Waals surface area contributed by atoms with Gasteiger partial charge in [0, 0.05) is 12.6 Å². The summed E-state index contributed by atoms with van der Waals surface area (Å²) in [5.74, 6) is -0.146. The van der Waals surface area contributed by atoms with Crippen LogP contribution in [0.2, 0.25) is 0 Å². The third kappa shape index (κ3) is 4.64. The van der Waals surface area contributed by atoms with Gasteiger partial charge in [0.15, 0.2) is 0 Å². The summed E-state index contributed by atoms with van der Waals surface area (Å²) in [6.07, 6.45) is 9.31. The minimum atomic E-state index is -1.15. The van der Waals surface area contributed by atoms with E-state index in [1.807, 2.05) is 23.6 Å². The molecule has 2 amide bonds. The molecule has 6 nitrogen and oxygen atoms in total. The maximum atomic E-state index is 14.0. The average molecular weight is 478 g/mol. The molecule has 184 valence electrons. The number of fused-ring (bicyclic) bond motifs is 1. The van der Waals surface area contributed by atoms with E-state index in [-0.39, 0.29) is 36.8 Å². The topological polar surface area (TPSA) is 67.5 Å². The highest BCUT2D eigenvalue weighted by Gasteiger charge is 2.48. The molecule has 1 fully saturated rings. The summed E-state index contributed by atoms with van der Waals surface area (Å²) in [5.41, 5.74) is 0.742. The van der Waals surface area contributed by atoms with Crippen molar-refractivity contribution in [3.05, 3.63) is 71.9 Å². The Morgan fingerprint density at radius 1 is 1.06 bits per heavy atom. The summed E-state index contributed by atoms with van der Waals surface area (Å²) in [6.45, 7) is 2.24. The van der Waals surface area contributed by atoms with Crippen LogP contribution in [0.15, 0.2) is 59.2 Å². The van der Waals surface area contributed by atoms with Crippen molar-refractivity contribution in [2.45, 2.75) is 76.5 Å². The van der Waals surface area contributed by atoms with Crippen molar-refractivity contribution in [3.8, 4) is 11.5 Å². The fraction of sp³-hybridized carbons (Fsp3) is 0.429. The number of carbonyl (C=O) groups is 2. The predicted octanol–water partition coefficient (Wildman–Crippen LogP) is 5.53. The van der Waals surface area contributed by atoms with Crippen LogP contribution in [0.3, 0.4) is 0 Å². The predicted molar refractivity (Wildman–Crippen MR) is 131 cm³/mol. The number of amides is 2. The smallest absolute Gasteiger partial charge is 0.271 e. The lowest BCUT2D eigenvalue weighted by Crippen LogP contribution is -2.64. The maximum Gasteiger partial charge on any atom is 0.271 e. The van der Waals surface area contributed by atoms with E-state index in [1.165, 1.54) is 31.4 Å². The van der Waals surface area contributed by atoms with Crippen LogP contribution in [0.4, 0.5) is 4.39 Å². The van der Waals surface area contributed by atoms with E-state index in [0.29, 0.717) is 17.0 Å². The number of nitrogens with one attached hydrogen (secondary N) is 1. The molecule has 1 atom stereocenters. The Balaban J connectivity index is 1.50. The lowest BCUT2D eigenvalue weighted by atomic mass is 9.91. The normalized spacial score (nSPS) is 21.3. The lowest BCUT2D eigenvalue weighted by molar-refractivity contribution is -0.134. The number of aromatic nitrogens is 1. The molecule has 5 rings (SSSR count). The van der Waals surface area contributed by atoms with Crippen LogP contribution in [-0.2, 0) is 17.9 Å². The highest BCUT2D eigenvalue weighted by molar-refractivity contribution is 6.00. The summed E-state index contributed by atoms with van der Waals surface area (Å²) < 4.78 is 21.4. The first kappa shape index (κ1) is 23.4. The van der Waals surface area contributed by atoms with Gasteiger partial charge < -0.3 is 19.2 Å². The van der Waals surface area contributed by atoms with Crippen molar-refractivity contribution >= 4 is 11.8 Å². The molecular formula is C28H32FN3O3. The van der Waals surface area contributed by atoms with E-state index in [4.69, 9.17) is 4.42 Å². The monoisotopic (exact) mass is 477 g/mol. The molecule has 1 saturated carbocycles. The molecule has 2 aromatic heterocycles. The van der Waals surface area contributed by atoms with Gasteiger partial charge in [0.05, 0.1) is 18.5 Å². The number of rotatable bonds is 5. The van der Waals surface area contributed by atoms with Crippen molar-refractivity contribution < 1.29 is 18.4 Å². The Morgan fingerprint density at radius 2 is 1.80 bits per heavy atom. The summed E-state index contributed by atoms with van der Waals surface area (Å²) in [6, 6.07) is 13.6. The molecule has 0 saturated heterocycles. The van der Waals surface area contributed by atoms with Gasteiger partial charge in [-0.1, -0.05) is 44.2 Å². The van der Waals surface area contributed by atoms with Crippen molar-refractivity contribution in [3.63, 3.8) is 0 Å². The van der Waals surface area contributed by atoms with Crippen molar-refractivity contribution in [1.82, 2.24) is 14.8 Å². The van der Waals surface area contributed by atoms with Gasteiger partial charge in [0.1, 0.15) is 22.8 Å². The SMILES string of the molecule is CC1(C(=O)NC2CCCCCCC2)Cn2c(ccc2-c2ccco2)C(=O)N1Cc1cccc(F)c1. The van der Waals surface area contributed by atoms with Crippen LogP contribution in [0, 0.1) is 5.82 Å². The number of halogens is 1. The van der Waals surface area contributed by atoms with Crippen molar-refractivity contribution in [2.24, 2.45) is 0 Å². The molecule has 1 aromatic carbocycles. The molecule has 1 N–H and O–H groups in total. The molecule has 3 heterocycles. The van der Waals surface area contributed by atoms with Gasteiger partial charge in [-0.25, -0.2) is 4.39 Å². The molecule has 1 unspecified atom stereocenters. The summed E-state index contributed by atoms with van der Waals surface area (Å²) in [4.78, 5) is 29.3. The number of hydrogen-bond acceptors (Lipinski definition) is 3. The lowest BCUT2D eigenvalue weighted by Gasteiger charge is -2.45. The molecule has 1 aliphatic heterocycles. The van der Waals surface area contributed by atoms with Gasteiger partial charge in [-0.05, 0) is 61.7 Å². The van der Waals surface area contributed by atoms with Crippen LogP contribution < -0.4 is 5.32 Å². The average Bonchev–Trinajstić information content (AvgIpc) is 3.48. The van der Waals surface area contributed by atoms with Crippen LogP contribution in [0.25, 0.3) is 11.5 Å². The molecule has 0 bridgehead atoms. The number of benzene rings is 1. The fourth-order valence-electron chi connectivity index (χ4n) is 5.42. The highest BCUT2D eigenvalue weighted by atomic mass is 19.1. The molecule has 3 aromatic rings. The first-order chi connectivity index (χ1) is 17.0. The minimum Gasteiger partial charge on any atom is -0.463 e. The summed E-state index contributed by atoms with van der Waals surface area (Å²) in [5, 5.41) is 3.28. The van der Waals surface area contributed by atoms with Crippen LogP contribution in [0.5, 0.6) is 0 Å². The van der Waals surface area contributed by atoms with E-state index < -0.39 is 5.54 Å². The van der Waals surface area contributed by atoms with Crippen LogP contribution in [0.1, 0.15) is 67.9 Å². The first-order valence-corrected chi connectivity index (χ1v) is 12.6. The van der Waals surface area contributed by atoms with E-state index in [1.54, 1.807) is 35.4 Å².